The average Bonchev–Trinajstić information content (AvgIpc) is 1.57. The number of ether oxygens (including phenoxy) is 14. The molecule has 33 nitrogen and oxygen atoms in total. The van der Waals surface area contributed by atoms with Gasteiger partial charge in [0.2, 0.25) is 0 Å². The lowest BCUT2D eigenvalue weighted by molar-refractivity contribution is -0.397. The van der Waals surface area contributed by atoms with Crippen LogP contribution < -0.4 is 0 Å². The molecule has 33 heteroatoms. The van der Waals surface area contributed by atoms with Crippen molar-refractivity contribution in [1.82, 2.24) is 0 Å². The van der Waals surface area contributed by atoms with Gasteiger partial charge in [-0.3, -0.25) is 0 Å². The molecule has 0 aromatic carbocycles. The fourth-order valence-electron chi connectivity index (χ4n) is 18.2. The van der Waals surface area contributed by atoms with E-state index in [0.29, 0.717) is 49.9 Å². The van der Waals surface area contributed by atoms with E-state index >= 15 is 0 Å². The summed E-state index contributed by atoms with van der Waals surface area (Å²) in [5.41, 5.74) is 0.916. The first-order valence-electron chi connectivity index (χ1n) is 34.3. The molecule has 0 bridgehead atoms. The normalized spacial score (nSPS) is 54.3. The molecule has 19 N–H and O–H groups in total. The van der Waals surface area contributed by atoms with Crippen LogP contribution in [0.3, 0.4) is 0 Å². The van der Waals surface area contributed by atoms with E-state index in [1.165, 1.54) is 12.5 Å². The lowest BCUT2D eigenvalue weighted by Crippen LogP contribution is -2.68. The summed E-state index contributed by atoms with van der Waals surface area (Å²) in [6.45, 7) is 6.63. The number of aliphatic hydroxyl groups excluding tert-OH is 19. The van der Waals surface area contributed by atoms with Crippen molar-refractivity contribution in [3.63, 3.8) is 0 Å². The third-order valence-electron chi connectivity index (χ3n) is 24.0. The Hall–Kier alpha value is -1.58. The van der Waals surface area contributed by atoms with Crippen LogP contribution in [0.5, 0.6) is 0 Å². The van der Waals surface area contributed by atoms with Crippen LogP contribution in [0.4, 0.5) is 0 Å². The zero-order valence-electron chi connectivity index (χ0n) is 55.3. The van der Waals surface area contributed by atoms with Crippen molar-refractivity contribution in [1.29, 1.82) is 0 Å². The molecule has 0 aromatic heterocycles. The molecule has 41 unspecified atom stereocenters. The van der Waals surface area contributed by atoms with Crippen molar-refractivity contribution in [2.75, 3.05) is 46.8 Å². The van der Waals surface area contributed by atoms with Crippen molar-refractivity contribution in [3.8, 4) is 0 Å². The number of fused-ring (bicyclic) bond motifs is 7. The van der Waals surface area contributed by atoms with Crippen LogP contribution in [0.25, 0.3) is 0 Å². The maximum absolute atomic E-state index is 12.5. The van der Waals surface area contributed by atoms with Gasteiger partial charge in [-0.05, 0) is 98.7 Å². The van der Waals surface area contributed by atoms with Crippen LogP contribution in [0.2, 0.25) is 0 Å². The smallest absolute Gasteiger partial charge is 0.187 e. The molecule has 0 radical (unpaired) electrons. The predicted molar refractivity (Wildman–Crippen MR) is 320 cm³/mol. The third kappa shape index (κ3) is 14.3. The summed E-state index contributed by atoms with van der Waals surface area (Å²) in [5, 5.41) is 204. The molecule has 11 rings (SSSR count). The number of rotatable bonds is 22. The van der Waals surface area contributed by atoms with Crippen molar-refractivity contribution in [2.45, 2.75) is 295 Å². The minimum absolute atomic E-state index is 0.0408. The highest BCUT2D eigenvalue weighted by molar-refractivity contribution is 5.27. The van der Waals surface area contributed by atoms with Gasteiger partial charge in [0.25, 0.3) is 0 Å². The summed E-state index contributed by atoms with van der Waals surface area (Å²) in [7, 11) is 1.69. The lowest BCUT2D eigenvalue weighted by Gasteiger charge is -2.58. The molecule has 7 saturated heterocycles. The van der Waals surface area contributed by atoms with E-state index < -0.39 is 229 Å². The van der Waals surface area contributed by atoms with Crippen LogP contribution in [0.1, 0.15) is 92.4 Å². The second-order valence-corrected chi connectivity index (χ2v) is 29.7. The number of aliphatic hydroxyl groups is 19. The first-order valence-corrected chi connectivity index (χ1v) is 34.3. The van der Waals surface area contributed by atoms with Gasteiger partial charge in [-0.25, -0.2) is 0 Å². The summed E-state index contributed by atoms with van der Waals surface area (Å²) in [4.78, 5) is 0. The highest BCUT2D eigenvalue weighted by atomic mass is 16.8. The zero-order valence-corrected chi connectivity index (χ0v) is 55.3. The fourth-order valence-corrected chi connectivity index (χ4v) is 18.2. The summed E-state index contributed by atoms with van der Waals surface area (Å²) >= 11 is 0. The molecular weight excluding hydrogens is 1300 g/mol. The van der Waals surface area contributed by atoms with E-state index in [9.17, 15) is 97.0 Å². The van der Waals surface area contributed by atoms with Crippen molar-refractivity contribution in [2.24, 2.45) is 46.3 Å². The Labute approximate surface area is 561 Å². The van der Waals surface area contributed by atoms with Crippen molar-refractivity contribution < 1.29 is 163 Å². The van der Waals surface area contributed by atoms with Crippen LogP contribution in [0.15, 0.2) is 11.6 Å². The SMILES string of the molecule is COC1(CCC(C)COC2OC(CO)C(O)C(O)C2O)OC2CC3C4CC=C5CC(OC6OC(CO)C(OC7OC(CO)C(O)C(OC8OC(COC9OC(CO)C(O)C(O)C9O)C(O)C(O)C8O)C7O)C(O)C6OC6OC(C)C(O)C(O)C6O)CCC5(C)C4CCC3(C)C2C1C. The average molecular weight is 1400 g/mol. The number of allylic oxidation sites excluding steroid dienone is 1. The molecule has 4 aliphatic carbocycles. The van der Waals surface area contributed by atoms with E-state index in [4.69, 9.17) is 66.3 Å². The Bertz CT molecular complexity index is 2580. The lowest BCUT2D eigenvalue weighted by atomic mass is 9.47. The fraction of sp³-hybridized carbons (Fsp3) is 0.969. The van der Waals surface area contributed by atoms with Crippen LogP contribution in [-0.2, 0) is 66.3 Å². The standard InChI is InChI=1S/C64H106O33/c1-23(21-85-56-47(78)44(75)39(70)32(17-65)89-56)9-14-64(84-6)24(2)37-31(97-64)16-30-28-8-7-26-15-27(10-12-62(26,4)29(28)11-13-63(30,37)5)88-61-55(96-58-49(80)43(74)38(69)25(3)87-58)51(82)53(35(20-68)92-61)94-60-52(83)54(42(73)34(19-67)91-60)95-59-50(81)46(77)41(72)36(93-59)22-86-57-48(79)45(76)40(71)33(18-66)90-57/h7,23-25,27-61,65-83H,8-22H2,1-6H3. The van der Waals surface area contributed by atoms with E-state index in [2.05, 4.69) is 26.8 Å². The number of methoxy groups -OCH3 is 1. The van der Waals surface area contributed by atoms with Crippen molar-refractivity contribution >= 4 is 0 Å². The maximum Gasteiger partial charge on any atom is 0.187 e. The highest BCUT2D eigenvalue weighted by Gasteiger charge is 2.69. The molecule has 41 atom stereocenters. The first kappa shape index (κ1) is 76.5. The summed E-state index contributed by atoms with van der Waals surface area (Å²) < 4.78 is 84.7. The summed E-state index contributed by atoms with van der Waals surface area (Å²) in [6, 6.07) is 0. The largest absolute Gasteiger partial charge is 0.394 e. The van der Waals surface area contributed by atoms with Crippen LogP contribution >= 0.6 is 0 Å². The van der Waals surface area contributed by atoms with Gasteiger partial charge in [-0.15, -0.1) is 0 Å². The monoisotopic (exact) mass is 1400 g/mol. The Kier molecular flexibility index (Phi) is 24.3. The van der Waals surface area contributed by atoms with E-state index in [1.807, 2.05) is 6.92 Å². The Morgan fingerprint density at radius 1 is 0.505 bits per heavy atom. The van der Waals surface area contributed by atoms with Gasteiger partial charge in [0.15, 0.2) is 43.5 Å². The second kappa shape index (κ2) is 30.9. The number of hydrogen-bond donors (Lipinski definition) is 19. The minimum Gasteiger partial charge on any atom is -0.394 e. The molecule has 11 aliphatic rings. The molecule has 10 fully saturated rings. The molecule has 3 saturated carbocycles. The van der Waals surface area contributed by atoms with Crippen LogP contribution in [-0.4, -0.2) is 346 Å². The molecule has 0 amide bonds. The van der Waals surface area contributed by atoms with Crippen LogP contribution in [0, 0.1) is 46.3 Å². The van der Waals surface area contributed by atoms with E-state index in [0.717, 1.165) is 25.7 Å². The summed E-state index contributed by atoms with van der Waals surface area (Å²) in [5.74, 6) is 0.396. The Morgan fingerprint density at radius 2 is 1.02 bits per heavy atom. The van der Waals surface area contributed by atoms with Gasteiger partial charge in [0, 0.05) is 19.4 Å². The second-order valence-electron chi connectivity index (χ2n) is 29.7. The maximum atomic E-state index is 12.5. The molecule has 7 aliphatic heterocycles. The molecule has 7 heterocycles. The molecule has 97 heavy (non-hydrogen) atoms. The van der Waals surface area contributed by atoms with Gasteiger partial charge in [0.1, 0.15) is 140 Å². The summed E-state index contributed by atoms with van der Waals surface area (Å²) in [6.07, 6.45) is -43.1. The predicted octanol–water partition coefficient (Wildman–Crippen LogP) is -6.70. The quantitative estimate of drug-likeness (QED) is 0.0448. The Balaban J connectivity index is 0.750. The van der Waals surface area contributed by atoms with Gasteiger partial charge in [0.05, 0.1) is 58.0 Å². The van der Waals surface area contributed by atoms with Gasteiger partial charge < -0.3 is 163 Å². The highest BCUT2D eigenvalue weighted by Crippen LogP contribution is 2.70. The van der Waals surface area contributed by atoms with Gasteiger partial charge in [-0.2, -0.15) is 0 Å². The molecule has 0 spiro atoms. The molecule has 560 valence electrons. The zero-order chi connectivity index (χ0) is 70.2. The van der Waals surface area contributed by atoms with Crippen molar-refractivity contribution in [3.05, 3.63) is 11.6 Å². The topological polar surface area (TPSA) is 514 Å². The molecular formula is C64H106O33. The van der Waals surface area contributed by atoms with Gasteiger partial charge >= 0.3 is 0 Å². The van der Waals surface area contributed by atoms with Gasteiger partial charge in [-0.1, -0.05) is 39.3 Å². The van der Waals surface area contributed by atoms with E-state index in [-0.39, 0.29) is 41.3 Å². The first-order chi connectivity index (χ1) is 46.0. The number of hydrogen-bond acceptors (Lipinski definition) is 33. The molecule has 0 aromatic rings. The Morgan fingerprint density at radius 3 is 1.64 bits per heavy atom. The minimum atomic E-state index is -2.14. The third-order valence-corrected chi connectivity index (χ3v) is 24.0. The van der Waals surface area contributed by atoms with E-state index in [1.54, 1.807) is 7.11 Å².